The summed E-state index contributed by atoms with van der Waals surface area (Å²) in [5.41, 5.74) is 14.7. The standard InChI is InChI=1S/C21H16N6O/c1-28-16-5-4-12-6-14(3-2-13(12)7-16)19-8-17(18(9-22)20(23)27-19)15-10-25-21(24)26-11-15/h2-8,10-11H,1H3,(H2,23,27)(H2,24,25,26). The van der Waals surface area contributed by atoms with Crippen molar-refractivity contribution in [3.8, 4) is 34.2 Å². The third-order valence-corrected chi connectivity index (χ3v) is 4.49. The summed E-state index contributed by atoms with van der Waals surface area (Å²) in [6.07, 6.45) is 3.13. The van der Waals surface area contributed by atoms with Gasteiger partial charge in [-0.1, -0.05) is 18.2 Å². The molecule has 2 aromatic heterocycles. The number of nitriles is 1. The van der Waals surface area contributed by atoms with E-state index in [1.807, 2.05) is 42.5 Å². The smallest absolute Gasteiger partial charge is 0.219 e. The van der Waals surface area contributed by atoms with Gasteiger partial charge in [0.05, 0.1) is 12.8 Å². The molecule has 0 aliphatic carbocycles. The number of benzene rings is 2. The van der Waals surface area contributed by atoms with Crippen LogP contribution in [0.1, 0.15) is 5.56 Å². The summed E-state index contributed by atoms with van der Waals surface area (Å²) in [7, 11) is 1.64. The topological polar surface area (TPSA) is 124 Å². The first kappa shape index (κ1) is 17.2. The Morgan fingerprint density at radius 3 is 2.36 bits per heavy atom. The molecule has 0 unspecified atom stereocenters. The molecule has 136 valence electrons. The molecule has 0 aliphatic rings. The van der Waals surface area contributed by atoms with E-state index >= 15 is 0 Å². The average molecular weight is 368 g/mol. The molecule has 4 aromatic rings. The van der Waals surface area contributed by atoms with Gasteiger partial charge in [-0.25, -0.2) is 15.0 Å². The molecule has 0 fully saturated rings. The first-order chi connectivity index (χ1) is 13.6. The third kappa shape index (κ3) is 3.04. The van der Waals surface area contributed by atoms with Gasteiger partial charge in [0.2, 0.25) is 5.95 Å². The van der Waals surface area contributed by atoms with Crippen LogP contribution in [-0.2, 0) is 0 Å². The highest BCUT2D eigenvalue weighted by atomic mass is 16.5. The van der Waals surface area contributed by atoms with Gasteiger partial charge in [0.15, 0.2) is 0 Å². The number of nitrogen functional groups attached to an aromatic ring is 2. The van der Waals surface area contributed by atoms with Crippen molar-refractivity contribution in [2.24, 2.45) is 0 Å². The van der Waals surface area contributed by atoms with E-state index in [0.29, 0.717) is 16.8 Å². The summed E-state index contributed by atoms with van der Waals surface area (Å²) >= 11 is 0. The van der Waals surface area contributed by atoms with Crippen LogP contribution in [-0.4, -0.2) is 22.1 Å². The number of aromatic nitrogens is 3. The predicted molar refractivity (Wildman–Crippen MR) is 108 cm³/mol. The van der Waals surface area contributed by atoms with Gasteiger partial charge in [-0.15, -0.1) is 0 Å². The van der Waals surface area contributed by atoms with Gasteiger partial charge in [0, 0.05) is 29.1 Å². The first-order valence-corrected chi connectivity index (χ1v) is 8.45. The summed E-state index contributed by atoms with van der Waals surface area (Å²) in [5.74, 6) is 1.11. The fraction of sp³-hybridized carbons (Fsp3) is 0.0476. The van der Waals surface area contributed by atoms with Crippen molar-refractivity contribution in [1.82, 2.24) is 15.0 Å². The molecule has 7 heteroatoms. The van der Waals surface area contributed by atoms with E-state index in [4.69, 9.17) is 16.2 Å². The monoisotopic (exact) mass is 368 g/mol. The van der Waals surface area contributed by atoms with Crippen molar-refractivity contribution in [3.05, 3.63) is 60.4 Å². The molecule has 0 spiro atoms. The van der Waals surface area contributed by atoms with Crippen molar-refractivity contribution in [2.75, 3.05) is 18.6 Å². The zero-order valence-corrected chi connectivity index (χ0v) is 15.0. The molecule has 28 heavy (non-hydrogen) atoms. The molecule has 0 amide bonds. The van der Waals surface area contributed by atoms with E-state index in [2.05, 4.69) is 21.0 Å². The highest BCUT2D eigenvalue weighted by molar-refractivity contribution is 5.89. The second kappa shape index (κ2) is 6.85. The Labute approximate surface area is 161 Å². The summed E-state index contributed by atoms with van der Waals surface area (Å²) in [4.78, 5) is 12.4. The van der Waals surface area contributed by atoms with Gasteiger partial charge in [-0.2, -0.15) is 5.26 Å². The maximum absolute atomic E-state index is 9.52. The molecular formula is C21H16N6O. The number of hydrogen-bond donors (Lipinski definition) is 2. The Morgan fingerprint density at radius 2 is 1.64 bits per heavy atom. The fourth-order valence-electron chi connectivity index (χ4n) is 3.05. The lowest BCUT2D eigenvalue weighted by Gasteiger charge is -2.11. The van der Waals surface area contributed by atoms with Crippen LogP contribution in [0.5, 0.6) is 5.75 Å². The van der Waals surface area contributed by atoms with E-state index in [1.54, 1.807) is 19.5 Å². The number of anilines is 2. The molecule has 4 rings (SSSR count). The summed E-state index contributed by atoms with van der Waals surface area (Å²) < 4.78 is 5.27. The quantitative estimate of drug-likeness (QED) is 0.568. The van der Waals surface area contributed by atoms with Crippen LogP contribution in [0.4, 0.5) is 11.8 Å². The lowest BCUT2D eigenvalue weighted by atomic mass is 9.99. The van der Waals surface area contributed by atoms with E-state index < -0.39 is 0 Å². The van der Waals surface area contributed by atoms with Gasteiger partial charge in [0.25, 0.3) is 0 Å². The molecular weight excluding hydrogens is 352 g/mol. The van der Waals surface area contributed by atoms with Crippen LogP contribution in [0.25, 0.3) is 33.2 Å². The van der Waals surface area contributed by atoms with Crippen LogP contribution in [0.15, 0.2) is 54.9 Å². The highest BCUT2D eigenvalue weighted by Crippen LogP contribution is 2.32. The van der Waals surface area contributed by atoms with E-state index in [9.17, 15) is 5.26 Å². The number of hydrogen-bond acceptors (Lipinski definition) is 7. The first-order valence-electron chi connectivity index (χ1n) is 8.45. The lowest BCUT2D eigenvalue weighted by molar-refractivity contribution is 0.415. The van der Waals surface area contributed by atoms with Crippen molar-refractivity contribution >= 4 is 22.5 Å². The highest BCUT2D eigenvalue weighted by Gasteiger charge is 2.14. The van der Waals surface area contributed by atoms with Crippen molar-refractivity contribution in [3.63, 3.8) is 0 Å². The second-order valence-corrected chi connectivity index (χ2v) is 6.18. The number of nitrogens with zero attached hydrogens (tertiary/aromatic N) is 4. The Bertz CT molecular complexity index is 1230. The number of nitrogens with two attached hydrogens (primary N) is 2. The number of pyridine rings is 1. The molecule has 0 atom stereocenters. The predicted octanol–water partition coefficient (Wildman–Crippen LogP) is 3.40. The van der Waals surface area contributed by atoms with Crippen LogP contribution in [0.3, 0.4) is 0 Å². The van der Waals surface area contributed by atoms with Gasteiger partial charge in [-0.05, 0) is 35.0 Å². The maximum Gasteiger partial charge on any atom is 0.219 e. The van der Waals surface area contributed by atoms with Gasteiger partial charge >= 0.3 is 0 Å². The normalized spacial score (nSPS) is 10.6. The molecule has 7 nitrogen and oxygen atoms in total. The van der Waals surface area contributed by atoms with Gasteiger partial charge < -0.3 is 16.2 Å². The number of rotatable bonds is 3. The number of ether oxygens (including phenoxy) is 1. The van der Waals surface area contributed by atoms with Crippen LogP contribution in [0, 0.1) is 11.3 Å². The van der Waals surface area contributed by atoms with Crippen LogP contribution >= 0.6 is 0 Å². The Balaban J connectivity index is 1.87. The second-order valence-electron chi connectivity index (χ2n) is 6.18. The molecule has 2 aromatic carbocycles. The average Bonchev–Trinajstić information content (AvgIpc) is 2.73. The van der Waals surface area contributed by atoms with E-state index in [1.165, 1.54) is 0 Å². The van der Waals surface area contributed by atoms with Gasteiger partial charge in [0.1, 0.15) is 23.2 Å². The molecule has 2 heterocycles. The van der Waals surface area contributed by atoms with Crippen molar-refractivity contribution < 1.29 is 4.74 Å². The zero-order chi connectivity index (χ0) is 19.7. The minimum atomic E-state index is 0.154. The van der Waals surface area contributed by atoms with Crippen molar-refractivity contribution in [2.45, 2.75) is 0 Å². The molecule has 0 aliphatic heterocycles. The van der Waals surface area contributed by atoms with Gasteiger partial charge in [-0.3, -0.25) is 0 Å². The number of methoxy groups -OCH3 is 1. The van der Waals surface area contributed by atoms with Crippen molar-refractivity contribution in [1.29, 1.82) is 5.26 Å². The minimum Gasteiger partial charge on any atom is -0.497 e. The molecule has 0 bridgehead atoms. The van der Waals surface area contributed by atoms with Crippen LogP contribution in [0.2, 0.25) is 0 Å². The SMILES string of the molecule is COc1ccc2cc(-c3cc(-c4cnc(N)nc4)c(C#N)c(N)n3)ccc2c1. The Morgan fingerprint density at radius 1 is 0.929 bits per heavy atom. The molecule has 0 radical (unpaired) electrons. The fourth-order valence-corrected chi connectivity index (χ4v) is 3.05. The largest absolute Gasteiger partial charge is 0.497 e. The molecule has 4 N–H and O–H groups in total. The Kier molecular flexibility index (Phi) is 4.22. The van der Waals surface area contributed by atoms with Crippen LogP contribution < -0.4 is 16.2 Å². The summed E-state index contributed by atoms with van der Waals surface area (Å²) in [6.45, 7) is 0. The lowest BCUT2D eigenvalue weighted by Crippen LogP contribution is -2.01. The maximum atomic E-state index is 9.52. The van der Waals surface area contributed by atoms with E-state index in [-0.39, 0.29) is 17.3 Å². The summed E-state index contributed by atoms with van der Waals surface area (Å²) in [5, 5.41) is 11.6. The number of fused-ring (bicyclic) bond motifs is 1. The molecule has 0 saturated heterocycles. The zero-order valence-electron chi connectivity index (χ0n) is 15.0. The third-order valence-electron chi connectivity index (χ3n) is 4.49. The van der Waals surface area contributed by atoms with E-state index in [0.717, 1.165) is 22.1 Å². The summed E-state index contributed by atoms with van der Waals surface area (Å²) in [6, 6.07) is 15.8. The Hall–Kier alpha value is -4.18. The molecule has 0 saturated carbocycles. The minimum absolute atomic E-state index is 0.154.